The first-order valence-corrected chi connectivity index (χ1v) is 11.6. The largest absolute Gasteiger partial charge is 0.453 e. The number of rotatable bonds is 6. The van der Waals surface area contributed by atoms with Gasteiger partial charge in [-0.3, -0.25) is 9.69 Å². The van der Waals surface area contributed by atoms with Crippen LogP contribution in [0.25, 0.3) is 11.3 Å². The van der Waals surface area contributed by atoms with E-state index >= 15 is 8.78 Å². The smallest absolute Gasteiger partial charge is 0.409 e. The van der Waals surface area contributed by atoms with Gasteiger partial charge in [-0.25, -0.2) is 18.6 Å². The molecular formula is C24H30F2N4O4. The lowest BCUT2D eigenvalue weighted by atomic mass is 10.00. The van der Waals surface area contributed by atoms with Gasteiger partial charge in [-0.1, -0.05) is 6.92 Å². The molecule has 2 aliphatic heterocycles. The van der Waals surface area contributed by atoms with Crippen LogP contribution in [0.15, 0.2) is 12.1 Å². The van der Waals surface area contributed by atoms with Gasteiger partial charge in [-0.15, -0.1) is 0 Å². The molecule has 1 amide bonds. The number of imidazole rings is 1. The Labute approximate surface area is 197 Å². The fraction of sp³-hybridized carbons (Fsp3) is 0.542. The van der Waals surface area contributed by atoms with Crippen LogP contribution in [-0.2, 0) is 29.0 Å². The average Bonchev–Trinajstić information content (AvgIpc) is 3.15. The maximum atomic E-state index is 15.3. The molecule has 1 fully saturated rings. The van der Waals surface area contributed by atoms with E-state index < -0.39 is 17.7 Å². The maximum Gasteiger partial charge on any atom is 0.409 e. The normalized spacial score (nSPS) is 18.6. The maximum absolute atomic E-state index is 15.3. The zero-order valence-electron chi connectivity index (χ0n) is 19.8. The predicted molar refractivity (Wildman–Crippen MR) is 121 cm³/mol. The monoisotopic (exact) mass is 476 g/mol. The average molecular weight is 477 g/mol. The van der Waals surface area contributed by atoms with Crippen molar-refractivity contribution < 1.29 is 27.8 Å². The van der Waals surface area contributed by atoms with Gasteiger partial charge in [0, 0.05) is 43.7 Å². The molecule has 0 N–H and O–H groups in total. The minimum absolute atomic E-state index is 0.0233. The van der Waals surface area contributed by atoms with Crippen molar-refractivity contribution in [2.75, 3.05) is 40.4 Å². The molecule has 1 atom stereocenters. The van der Waals surface area contributed by atoms with Crippen LogP contribution in [0.5, 0.6) is 0 Å². The Balaban J connectivity index is 1.72. The van der Waals surface area contributed by atoms with Gasteiger partial charge in [-0.05, 0) is 25.6 Å². The van der Waals surface area contributed by atoms with Gasteiger partial charge in [0.15, 0.2) is 5.78 Å². The molecule has 184 valence electrons. The number of amides is 1. The summed E-state index contributed by atoms with van der Waals surface area (Å²) in [6.07, 6.45) is 0.344. The highest BCUT2D eigenvalue weighted by Gasteiger charge is 2.31. The third kappa shape index (κ3) is 4.83. The van der Waals surface area contributed by atoms with Crippen LogP contribution in [0.3, 0.4) is 0 Å². The summed E-state index contributed by atoms with van der Waals surface area (Å²) in [5.41, 5.74) is 0.655. The second-order valence-corrected chi connectivity index (χ2v) is 8.81. The summed E-state index contributed by atoms with van der Waals surface area (Å²) in [7, 11) is 3.29. The minimum Gasteiger partial charge on any atom is -0.453 e. The molecular weight excluding hydrogens is 446 g/mol. The number of hydrogen-bond donors (Lipinski definition) is 0. The summed E-state index contributed by atoms with van der Waals surface area (Å²) in [6, 6.07) is 2.20. The van der Waals surface area contributed by atoms with Crippen LogP contribution in [0, 0.1) is 11.6 Å². The van der Waals surface area contributed by atoms with E-state index in [2.05, 4.69) is 9.88 Å². The quantitative estimate of drug-likeness (QED) is 0.596. The molecule has 2 aromatic rings. The summed E-state index contributed by atoms with van der Waals surface area (Å²) in [4.78, 5) is 32.5. The number of fused-ring (bicyclic) bond motifs is 1. The number of morpholine rings is 1. The lowest BCUT2D eigenvalue weighted by molar-refractivity contribution is -0.0244. The molecule has 0 radical (unpaired) electrons. The first kappa shape index (κ1) is 24.3. The van der Waals surface area contributed by atoms with Crippen molar-refractivity contribution in [1.29, 1.82) is 0 Å². The fourth-order valence-corrected chi connectivity index (χ4v) is 4.61. The van der Waals surface area contributed by atoms with E-state index in [1.807, 2.05) is 18.5 Å². The third-order valence-electron chi connectivity index (χ3n) is 6.34. The van der Waals surface area contributed by atoms with E-state index in [-0.39, 0.29) is 35.1 Å². The molecule has 8 nitrogen and oxygen atoms in total. The Morgan fingerprint density at radius 3 is 2.62 bits per heavy atom. The Kier molecular flexibility index (Phi) is 7.27. The first-order chi connectivity index (χ1) is 16.3. The highest BCUT2D eigenvalue weighted by molar-refractivity contribution is 5.96. The Morgan fingerprint density at radius 2 is 1.94 bits per heavy atom. The number of methoxy groups -OCH3 is 1. The van der Waals surface area contributed by atoms with Crippen molar-refractivity contribution in [2.24, 2.45) is 0 Å². The summed E-state index contributed by atoms with van der Waals surface area (Å²) in [6.45, 7) is 4.85. The van der Waals surface area contributed by atoms with E-state index in [0.717, 1.165) is 18.7 Å². The minimum atomic E-state index is -0.815. The Bertz CT molecular complexity index is 1060. The van der Waals surface area contributed by atoms with Crippen LogP contribution in [0.1, 0.15) is 41.6 Å². The summed E-state index contributed by atoms with van der Waals surface area (Å²) in [5.74, 6) is -1.21. The van der Waals surface area contributed by atoms with Gasteiger partial charge in [0.2, 0.25) is 0 Å². The zero-order chi connectivity index (χ0) is 24.4. The molecule has 10 heteroatoms. The van der Waals surface area contributed by atoms with Crippen LogP contribution in [-0.4, -0.2) is 77.7 Å². The van der Waals surface area contributed by atoms with Gasteiger partial charge in [0.25, 0.3) is 0 Å². The number of benzene rings is 1. The lowest BCUT2D eigenvalue weighted by Gasteiger charge is -2.32. The molecule has 1 saturated heterocycles. The van der Waals surface area contributed by atoms with Gasteiger partial charge >= 0.3 is 6.09 Å². The van der Waals surface area contributed by atoms with Gasteiger partial charge in [0.05, 0.1) is 44.2 Å². The van der Waals surface area contributed by atoms with Crippen molar-refractivity contribution in [3.05, 3.63) is 40.8 Å². The van der Waals surface area contributed by atoms with Gasteiger partial charge in [0.1, 0.15) is 17.5 Å². The molecule has 1 aromatic carbocycles. The van der Waals surface area contributed by atoms with E-state index in [9.17, 15) is 9.59 Å². The molecule has 0 saturated carbocycles. The highest BCUT2D eigenvalue weighted by Crippen LogP contribution is 2.33. The number of Topliss-reactive ketones (excluding diaryl/α,β-unsaturated/α-hetero) is 1. The van der Waals surface area contributed by atoms with Crippen molar-refractivity contribution in [3.63, 3.8) is 0 Å². The van der Waals surface area contributed by atoms with E-state index in [1.54, 1.807) is 4.90 Å². The van der Waals surface area contributed by atoms with Crippen molar-refractivity contribution >= 4 is 11.9 Å². The summed E-state index contributed by atoms with van der Waals surface area (Å²) >= 11 is 0. The van der Waals surface area contributed by atoms with Crippen LogP contribution < -0.4 is 0 Å². The molecule has 3 heterocycles. The zero-order valence-corrected chi connectivity index (χ0v) is 19.8. The second kappa shape index (κ2) is 10.2. The number of ether oxygens (including phenoxy) is 2. The van der Waals surface area contributed by atoms with E-state index in [1.165, 1.54) is 7.11 Å². The fourth-order valence-electron chi connectivity index (χ4n) is 4.61. The first-order valence-electron chi connectivity index (χ1n) is 11.6. The molecule has 1 unspecified atom stereocenters. The number of nitrogens with zero attached hydrogens (tertiary/aromatic N) is 4. The molecule has 4 rings (SSSR count). The highest BCUT2D eigenvalue weighted by atomic mass is 19.1. The number of carbonyl (C=O) groups excluding carboxylic acids is 2. The summed E-state index contributed by atoms with van der Waals surface area (Å²) < 4.78 is 43.2. The van der Waals surface area contributed by atoms with Crippen LogP contribution in [0.4, 0.5) is 13.6 Å². The topological polar surface area (TPSA) is 76.9 Å². The predicted octanol–water partition coefficient (Wildman–Crippen LogP) is 3.27. The van der Waals surface area contributed by atoms with Gasteiger partial charge in [-0.2, -0.15) is 0 Å². The number of aromatic nitrogens is 2. The van der Waals surface area contributed by atoms with E-state index in [0.29, 0.717) is 57.1 Å². The molecule has 1 aromatic heterocycles. The van der Waals surface area contributed by atoms with E-state index in [4.69, 9.17) is 9.47 Å². The molecule has 0 aliphatic carbocycles. The Morgan fingerprint density at radius 1 is 1.21 bits per heavy atom. The van der Waals surface area contributed by atoms with Crippen LogP contribution >= 0.6 is 0 Å². The van der Waals surface area contributed by atoms with Crippen LogP contribution in [0.2, 0.25) is 0 Å². The number of ketones is 1. The molecule has 34 heavy (non-hydrogen) atoms. The van der Waals surface area contributed by atoms with Crippen molar-refractivity contribution in [2.45, 2.75) is 45.4 Å². The Hall–Kier alpha value is -2.85. The second-order valence-electron chi connectivity index (χ2n) is 8.81. The molecule has 0 spiro atoms. The standard InChI is InChI=1S/C24H30F2N4O4/c1-4-5-20(31)15-10-17(25)22(18(26)11-15)23-19(30-7-6-28(2)14-21(30)27-23)12-16-13-29(8-9-34-16)24(32)33-3/h10-11,16H,4-9,12-14H2,1-3H3. The number of likely N-dealkylation sites (N-methyl/N-ethyl adjacent to an activating group) is 1. The van der Waals surface area contributed by atoms with Crippen molar-refractivity contribution in [1.82, 2.24) is 19.4 Å². The molecule has 0 bridgehead atoms. The lowest BCUT2D eigenvalue weighted by Crippen LogP contribution is -2.46. The SMILES string of the molecule is CCCC(=O)c1cc(F)c(-c2nc3n(c2CC2CN(C(=O)OC)CCO2)CCN(C)C3)c(F)c1. The van der Waals surface area contributed by atoms with Gasteiger partial charge < -0.3 is 18.9 Å². The number of carbonyl (C=O) groups is 2. The number of halogens is 2. The van der Waals surface area contributed by atoms with Crippen molar-refractivity contribution in [3.8, 4) is 11.3 Å². The third-order valence-corrected chi connectivity index (χ3v) is 6.34. The summed E-state index contributed by atoms with van der Waals surface area (Å²) in [5, 5.41) is 0. The molecule has 2 aliphatic rings. The number of hydrogen-bond acceptors (Lipinski definition) is 6.